The van der Waals surface area contributed by atoms with Crippen LogP contribution >= 0.6 is 35.0 Å². The second-order valence-corrected chi connectivity index (χ2v) is 6.25. The molecule has 3 rings (SSSR count). The fraction of sp³-hybridized carbons (Fsp3) is 0.143. The summed E-state index contributed by atoms with van der Waals surface area (Å²) in [4.78, 5) is 0. The van der Waals surface area contributed by atoms with E-state index in [1.165, 1.54) is 11.8 Å². The number of hydrogen-bond acceptors (Lipinski definition) is 4. The lowest BCUT2D eigenvalue weighted by molar-refractivity contribution is 0.204. The Bertz CT molecular complexity index is 764. The van der Waals surface area contributed by atoms with Gasteiger partial charge in [-0.15, -0.1) is 10.2 Å². The van der Waals surface area contributed by atoms with Crippen molar-refractivity contribution in [3.8, 4) is 0 Å². The fourth-order valence-electron chi connectivity index (χ4n) is 1.93. The molecule has 1 atom stereocenters. The molecule has 2 heterocycles. The zero-order chi connectivity index (χ0) is 14.8. The highest BCUT2D eigenvalue weighted by Gasteiger charge is 2.13. The highest BCUT2D eigenvalue weighted by molar-refractivity contribution is 7.99. The Kier molecular flexibility index (Phi) is 4.35. The van der Waals surface area contributed by atoms with Crippen molar-refractivity contribution in [2.75, 3.05) is 5.75 Å². The van der Waals surface area contributed by atoms with Gasteiger partial charge in [0.15, 0.2) is 10.8 Å². The van der Waals surface area contributed by atoms with Gasteiger partial charge in [0, 0.05) is 11.9 Å². The number of thioether (sulfide) groups is 1. The number of benzene rings is 1. The molecule has 0 amide bonds. The van der Waals surface area contributed by atoms with Gasteiger partial charge >= 0.3 is 0 Å². The molecule has 3 aromatic rings. The third-order valence-corrected chi connectivity index (χ3v) is 4.45. The molecule has 4 nitrogen and oxygen atoms in total. The van der Waals surface area contributed by atoms with Crippen LogP contribution in [0.15, 0.2) is 47.8 Å². The van der Waals surface area contributed by atoms with Crippen LogP contribution in [0.25, 0.3) is 5.65 Å². The van der Waals surface area contributed by atoms with E-state index in [9.17, 15) is 5.11 Å². The van der Waals surface area contributed by atoms with Crippen LogP contribution in [0.2, 0.25) is 10.0 Å². The van der Waals surface area contributed by atoms with Crippen LogP contribution in [0.5, 0.6) is 0 Å². The number of rotatable bonds is 4. The summed E-state index contributed by atoms with van der Waals surface area (Å²) in [6, 6.07) is 11.1. The molecular weight excluding hydrogens is 329 g/mol. The lowest BCUT2D eigenvalue weighted by Crippen LogP contribution is -2.01. The first-order valence-corrected chi connectivity index (χ1v) is 7.95. The minimum Gasteiger partial charge on any atom is -0.388 e. The van der Waals surface area contributed by atoms with Crippen molar-refractivity contribution in [1.82, 2.24) is 14.6 Å². The third kappa shape index (κ3) is 3.16. The topological polar surface area (TPSA) is 50.4 Å². The van der Waals surface area contributed by atoms with Crippen LogP contribution in [0, 0.1) is 0 Å². The summed E-state index contributed by atoms with van der Waals surface area (Å²) < 4.78 is 1.73. The van der Waals surface area contributed by atoms with E-state index < -0.39 is 6.10 Å². The Morgan fingerprint density at radius 1 is 1.19 bits per heavy atom. The first-order valence-electron chi connectivity index (χ1n) is 6.21. The maximum atomic E-state index is 10.2. The predicted octanol–water partition coefficient (Wildman–Crippen LogP) is 3.86. The van der Waals surface area contributed by atoms with Crippen molar-refractivity contribution in [2.24, 2.45) is 0 Å². The Balaban J connectivity index is 1.80. The maximum absolute atomic E-state index is 10.2. The van der Waals surface area contributed by atoms with Crippen molar-refractivity contribution in [3.05, 3.63) is 58.2 Å². The molecule has 0 spiro atoms. The zero-order valence-electron chi connectivity index (χ0n) is 10.8. The molecule has 0 saturated heterocycles. The van der Waals surface area contributed by atoms with Crippen molar-refractivity contribution < 1.29 is 5.11 Å². The normalized spacial score (nSPS) is 12.7. The van der Waals surface area contributed by atoms with Crippen molar-refractivity contribution >= 4 is 40.6 Å². The first-order chi connectivity index (χ1) is 10.1. The molecule has 1 aromatic carbocycles. The molecule has 0 bridgehead atoms. The zero-order valence-corrected chi connectivity index (χ0v) is 13.1. The van der Waals surface area contributed by atoms with Gasteiger partial charge < -0.3 is 5.11 Å². The van der Waals surface area contributed by atoms with Gasteiger partial charge in [-0.25, -0.2) is 0 Å². The molecular formula is C14H11Cl2N3OS. The largest absolute Gasteiger partial charge is 0.388 e. The van der Waals surface area contributed by atoms with Gasteiger partial charge in [0.05, 0.1) is 16.1 Å². The van der Waals surface area contributed by atoms with Crippen LogP contribution in [0.4, 0.5) is 0 Å². The number of hydrogen-bond donors (Lipinski definition) is 1. The third-order valence-electron chi connectivity index (χ3n) is 2.95. The lowest BCUT2D eigenvalue weighted by Gasteiger charge is -2.09. The number of halogens is 2. The smallest absolute Gasteiger partial charge is 0.195 e. The number of aliphatic hydroxyl groups excluding tert-OH is 1. The van der Waals surface area contributed by atoms with E-state index in [2.05, 4.69) is 10.2 Å². The van der Waals surface area contributed by atoms with E-state index in [1.54, 1.807) is 16.7 Å². The molecule has 2 aromatic heterocycles. The highest BCUT2D eigenvalue weighted by Crippen LogP contribution is 2.27. The van der Waals surface area contributed by atoms with Crippen molar-refractivity contribution in [1.29, 1.82) is 0 Å². The molecule has 108 valence electrons. The number of nitrogens with zero attached hydrogens (tertiary/aromatic N) is 3. The Morgan fingerprint density at radius 3 is 2.71 bits per heavy atom. The standard InChI is InChI=1S/C14H11Cl2N3OS/c15-10-6-11(16)13-17-18-14(19(13)7-10)21-8-12(20)9-4-2-1-3-5-9/h1-7,12,20H,8H2/t12-/m0/s1. The van der Waals surface area contributed by atoms with E-state index in [0.29, 0.717) is 26.6 Å². The van der Waals surface area contributed by atoms with Gasteiger partial charge in [0.2, 0.25) is 0 Å². The monoisotopic (exact) mass is 339 g/mol. The summed E-state index contributed by atoms with van der Waals surface area (Å²) in [6.45, 7) is 0. The average molecular weight is 340 g/mol. The second-order valence-electron chi connectivity index (χ2n) is 4.42. The van der Waals surface area contributed by atoms with Gasteiger partial charge in [0.1, 0.15) is 0 Å². The van der Waals surface area contributed by atoms with Crippen LogP contribution in [-0.4, -0.2) is 25.5 Å². The van der Waals surface area contributed by atoms with Crippen molar-refractivity contribution in [2.45, 2.75) is 11.3 Å². The van der Waals surface area contributed by atoms with E-state index in [-0.39, 0.29) is 0 Å². The number of aromatic nitrogens is 3. The summed E-state index contributed by atoms with van der Waals surface area (Å²) >= 11 is 13.5. The fourth-order valence-corrected chi connectivity index (χ4v) is 3.31. The van der Waals surface area contributed by atoms with Crippen LogP contribution in [0.1, 0.15) is 11.7 Å². The van der Waals surface area contributed by atoms with E-state index >= 15 is 0 Å². The maximum Gasteiger partial charge on any atom is 0.195 e. The summed E-state index contributed by atoms with van der Waals surface area (Å²) in [7, 11) is 0. The molecule has 0 radical (unpaired) electrons. The summed E-state index contributed by atoms with van der Waals surface area (Å²) in [6.07, 6.45) is 1.14. The number of fused-ring (bicyclic) bond motifs is 1. The number of pyridine rings is 1. The van der Waals surface area contributed by atoms with E-state index in [0.717, 1.165) is 5.56 Å². The molecule has 0 fully saturated rings. The number of aliphatic hydroxyl groups is 1. The van der Waals surface area contributed by atoms with E-state index in [1.807, 2.05) is 30.3 Å². The molecule has 0 aliphatic carbocycles. The summed E-state index contributed by atoms with van der Waals surface area (Å²) in [5, 5.41) is 19.9. The van der Waals surface area contributed by atoms with Gasteiger partial charge in [-0.1, -0.05) is 65.3 Å². The van der Waals surface area contributed by atoms with E-state index in [4.69, 9.17) is 23.2 Å². The Labute approximate surface area is 135 Å². The summed E-state index contributed by atoms with van der Waals surface area (Å²) in [5.41, 5.74) is 1.42. The van der Waals surface area contributed by atoms with Crippen LogP contribution < -0.4 is 0 Å². The van der Waals surface area contributed by atoms with Crippen molar-refractivity contribution in [3.63, 3.8) is 0 Å². The SMILES string of the molecule is O[C@@H](CSc1nnc2c(Cl)cc(Cl)cn12)c1ccccc1. The molecule has 0 unspecified atom stereocenters. The Morgan fingerprint density at radius 2 is 1.95 bits per heavy atom. The molecule has 7 heteroatoms. The van der Waals surface area contributed by atoms with Crippen LogP contribution in [0.3, 0.4) is 0 Å². The Hall–Kier alpha value is -1.27. The average Bonchev–Trinajstić information content (AvgIpc) is 2.89. The lowest BCUT2D eigenvalue weighted by atomic mass is 10.1. The minimum absolute atomic E-state index is 0.449. The molecule has 0 aliphatic rings. The van der Waals surface area contributed by atoms with Crippen LogP contribution in [-0.2, 0) is 0 Å². The quantitative estimate of drug-likeness (QED) is 0.733. The molecule has 1 N–H and O–H groups in total. The van der Waals surface area contributed by atoms with Gasteiger partial charge in [-0.3, -0.25) is 4.40 Å². The first kappa shape index (κ1) is 14.7. The minimum atomic E-state index is -0.571. The molecule has 21 heavy (non-hydrogen) atoms. The van der Waals surface area contributed by atoms with Gasteiger partial charge in [-0.2, -0.15) is 0 Å². The van der Waals surface area contributed by atoms with Gasteiger partial charge in [0.25, 0.3) is 0 Å². The molecule has 0 aliphatic heterocycles. The predicted molar refractivity (Wildman–Crippen MR) is 85.1 cm³/mol. The summed E-state index contributed by atoms with van der Waals surface area (Å²) in [5.74, 6) is 0.467. The van der Waals surface area contributed by atoms with Gasteiger partial charge in [-0.05, 0) is 11.6 Å². The molecule has 0 saturated carbocycles. The second kappa shape index (κ2) is 6.23. The highest BCUT2D eigenvalue weighted by atomic mass is 35.5.